The van der Waals surface area contributed by atoms with Crippen LogP contribution in [0.1, 0.15) is 328 Å². The summed E-state index contributed by atoms with van der Waals surface area (Å²) in [5, 5.41) is 23.3. The van der Waals surface area contributed by atoms with E-state index >= 15 is 0 Å². The van der Waals surface area contributed by atoms with Gasteiger partial charge in [-0.1, -0.05) is 282 Å². The number of aliphatic hydroxyl groups excluding tert-OH is 2. The third-order valence-electron chi connectivity index (χ3n) is 14.0. The van der Waals surface area contributed by atoms with E-state index in [0.29, 0.717) is 25.9 Å². The minimum absolute atomic E-state index is 0.0311. The zero-order valence-electron chi connectivity index (χ0n) is 45.1. The lowest BCUT2D eigenvalue weighted by Crippen LogP contribution is -2.45. The summed E-state index contributed by atoms with van der Waals surface area (Å²) in [6.07, 6.45) is 68.8. The van der Waals surface area contributed by atoms with Gasteiger partial charge in [-0.05, 0) is 57.8 Å². The van der Waals surface area contributed by atoms with Crippen LogP contribution in [-0.4, -0.2) is 47.4 Å². The van der Waals surface area contributed by atoms with Crippen LogP contribution in [0.25, 0.3) is 0 Å². The van der Waals surface area contributed by atoms with Crippen LogP contribution in [0.15, 0.2) is 24.3 Å². The van der Waals surface area contributed by atoms with Crippen molar-refractivity contribution in [1.82, 2.24) is 5.32 Å². The molecule has 0 aliphatic rings. The van der Waals surface area contributed by atoms with Gasteiger partial charge in [-0.2, -0.15) is 0 Å². The number of allylic oxidation sites excluding steroid dienone is 4. The Labute approximate surface area is 418 Å². The van der Waals surface area contributed by atoms with E-state index in [4.69, 9.17) is 4.74 Å². The fraction of sp³-hybridized carbons (Fsp3) is 0.902. The summed E-state index contributed by atoms with van der Waals surface area (Å²) in [5.41, 5.74) is 0. The summed E-state index contributed by atoms with van der Waals surface area (Å²) in [4.78, 5) is 24.6. The molecule has 0 aromatic heterocycles. The molecule has 0 heterocycles. The number of carbonyl (C=O) groups excluding carboxylic acids is 2. The topological polar surface area (TPSA) is 95.9 Å². The van der Waals surface area contributed by atoms with Gasteiger partial charge in [-0.25, -0.2) is 0 Å². The van der Waals surface area contributed by atoms with Crippen molar-refractivity contribution in [3.63, 3.8) is 0 Å². The van der Waals surface area contributed by atoms with Gasteiger partial charge in [0, 0.05) is 12.8 Å². The number of ether oxygens (including phenoxy) is 1. The number of hydrogen-bond donors (Lipinski definition) is 3. The molecule has 0 radical (unpaired) electrons. The molecular formula is C61H117NO5. The van der Waals surface area contributed by atoms with Gasteiger partial charge in [0.1, 0.15) is 0 Å². The summed E-state index contributed by atoms with van der Waals surface area (Å²) in [7, 11) is 0. The van der Waals surface area contributed by atoms with Gasteiger partial charge in [-0.15, -0.1) is 0 Å². The fourth-order valence-corrected chi connectivity index (χ4v) is 9.38. The Balaban J connectivity index is 3.47. The number of esters is 1. The lowest BCUT2D eigenvalue weighted by molar-refractivity contribution is -0.143. The number of nitrogens with one attached hydrogen (secondary N) is 1. The summed E-state index contributed by atoms with van der Waals surface area (Å²) in [6.45, 7) is 4.89. The highest BCUT2D eigenvalue weighted by Crippen LogP contribution is 2.18. The van der Waals surface area contributed by atoms with E-state index in [9.17, 15) is 19.8 Å². The van der Waals surface area contributed by atoms with Crippen LogP contribution >= 0.6 is 0 Å². The zero-order valence-corrected chi connectivity index (χ0v) is 45.1. The van der Waals surface area contributed by atoms with E-state index in [1.54, 1.807) is 0 Å². The molecule has 6 heteroatoms. The number of unbranched alkanes of at least 4 members (excludes halogenated alkanes) is 41. The molecule has 0 aliphatic carbocycles. The van der Waals surface area contributed by atoms with Crippen LogP contribution in [0.5, 0.6) is 0 Å². The number of carbonyl (C=O) groups is 2. The van der Waals surface area contributed by atoms with Gasteiger partial charge < -0.3 is 20.3 Å². The average molecular weight is 945 g/mol. The van der Waals surface area contributed by atoms with Crippen molar-refractivity contribution >= 4 is 11.9 Å². The van der Waals surface area contributed by atoms with Crippen molar-refractivity contribution in [2.75, 3.05) is 13.2 Å². The summed E-state index contributed by atoms with van der Waals surface area (Å²) in [6, 6.07) is -0.564. The molecule has 0 spiro atoms. The summed E-state index contributed by atoms with van der Waals surface area (Å²) < 4.78 is 5.47. The number of hydrogen-bond acceptors (Lipinski definition) is 5. The predicted octanol–water partition coefficient (Wildman–Crippen LogP) is 18.6. The van der Waals surface area contributed by atoms with Gasteiger partial charge >= 0.3 is 5.97 Å². The van der Waals surface area contributed by atoms with Gasteiger partial charge in [0.25, 0.3) is 0 Å². The zero-order chi connectivity index (χ0) is 48.6. The lowest BCUT2D eigenvalue weighted by atomic mass is 10.0. The molecule has 6 nitrogen and oxygen atoms in total. The lowest BCUT2D eigenvalue weighted by Gasteiger charge is -2.22. The first-order valence-corrected chi connectivity index (χ1v) is 30.1. The normalized spacial score (nSPS) is 12.7. The maximum Gasteiger partial charge on any atom is 0.305 e. The second-order valence-corrected chi connectivity index (χ2v) is 20.7. The molecular weight excluding hydrogens is 827 g/mol. The molecule has 3 N–H and O–H groups in total. The van der Waals surface area contributed by atoms with Gasteiger partial charge in [0.05, 0.1) is 25.4 Å². The Bertz CT molecular complexity index is 1040. The van der Waals surface area contributed by atoms with Crippen LogP contribution in [0.2, 0.25) is 0 Å². The molecule has 0 rings (SSSR count). The van der Waals surface area contributed by atoms with E-state index in [-0.39, 0.29) is 18.5 Å². The Morgan fingerprint density at radius 3 is 1.15 bits per heavy atom. The molecule has 1 amide bonds. The molecule has 0 bridgehead atoms. The van der Waals surface area contributed by atoms with Crippen molar-refractivity contribution in [2.24, 2.45) is 0 Å². The van der Waals surface area contributed by atoms with Gasteiger partial charge in [0.15, 0.2) is 0 Å². The van der Waals surface area contributed by atoms with Crippen LogP contribution in [-0.2, 0) is 14.3 Å². The Hall–Kier alpha value is -1.66. The number of amides is 1. The van der Waals surface area contributed by atoms with Crippen molar-refractivity contribution < 1.29 is 24.5 Å². The third kappa shape index (κ3) is 53.5. The number of aliphatic hydroxyl groups is 2. The molecule has 67 heavy (non-hydrogen) atoms. The molecule has 396 valence electrons. The predicted molar refractivity (Wildman–Crippen MR) is 292 cm³/mol. The van der Waals surface area contributed by atoms with E-state index in [2.05, 4.69) is 43.5 Å². The average Bonchev–Trinajstić information content (AvgIpc) is 3.33. The first-order valence-electron chi connectivity index (χ1n) is 30.1. The third-order valence-corrected chi connectivity index (χ3v) is 14.0. The maximum absolute atomic E-state index is 12.5. The van der Waals surface area contributed by atoms with Crippen LogP contribution in [0, 0.1) is 0 Å². The SMILES string of the molecule is CCCCCC/C=C\C/C=C\CCCCCCCCCC(=O)OCCCCCCCCCCCC(=O)NC(CO)C(O)CCCCCCCCCCCCCCCCCCCCCCCCC. The van der Waals surface area contributed by atoms with E-state index in [1.165, 1.54) is 231 Å². The monoisotopic (exact) mass is 944 g/mol. The molecule has 0 saturated heterocycles. The van der Waals surface area contributed by atoms with Crippen LogP contribution < -0.4 is 5.32 Å². The first-order chi connectivity index (χ1) is 33.0. The molecule has 2 atom stereocenters. The van der Waals surface area contributed by atoms with Crippen molar-refractivity contribution in [2.45, 2.75) is 341 Å². The summed E-state index contributed by atoms with van der Waals surface area (Å²) in [5.74, 6) is -0.0910. The Morgan fingerprint density at radius 1 is 0.418 bits per heavy atom. The largest absolute Gasteiger partial charge is 0.466 e. The minimum atomic E-state index is -0.684. The van der Waals surface area contributed by atoms with Crippen molar-refractivity contribution in [1.29, 1.82) is 0 Å². The molecule has 0 saturated carbocycles. The molecule has 0 aromatic carbocycles. The molecule has 2 unspecified atom stereocenters. The maximum atomic E-state index is 12.5. The quantitative estimate of drug-likeness (QED) is 0.0321. The van der Waals surface area contributed by atoms with E-state index in [0.717, 1.165) is 64.2 Å². The molecule has 0 fully saturated rings. The minimum Gasteiger partial charge on any atom is -0.466 e. The van der Waals surface area contributed by atoms with Crippen molar-refractivity contribution in [3.05, 3.63) is 24.3 Å². The Kier molecular flexibility index (Phi) is 55.5. The fourth-order valence-electron chi connectivity index (χ4n) is 9.38. The highest BCUT2D eigenvalue weighted by Gasteiger charge is 2.20. The second kappa shape index (κ2) is 56.9. The standard InChI is InChI=1S/C61H117NO5/c1-3-5-7-9-11-13-15-17-19-21-23-24-25-26-27-28-30-32-34-37-41-45-49-53-59(64)58(57-63)62-60(65)54-50-46-42-38-36-40-44-48-52-56-67-61(66)55-51-47-43-39-35-33-31-29-22-20-18-16-14-12-10-8-6-4-2/h14,16,20,22,58-59,63-64H,3-13,15,17-19,21,23-57H2,1-2H3,(H,62,65)/b16-14-,22-20-. The highest BCUT2D eigenvalue weighted by molar-refractivity contribution is 5.76. The smallest absolute Gasteiger partial charge is 0.305 e. The van der Waals surface area contributed by atoms with E-state index < -0.39 is 12.1 Å². The Morgan fingerprint density at radius 2 is 0.746 bits per heavy atom. The van der Waals surface area contributed by atoms with Crippen LogP contribution in [0.3, 0.4) is 0 Å². The van der Waals surface area contributed by atoms with Gasteiger partial charge in [-0.3, -0.25) is 9.59 Å². The van der Waals surface area contributed by atoms with Gasteiger partial charge in [0.2, 0.25) is 5.91 Å². The summed E-state index contributed by atoms with van der Waals surface area (Å²) >= 11 is 0. The van der Waals surface area contributed by atoms with Crippen molar-refractivity contribution in [3.8, 4) is 0 Å². The highest BCUT2D eigenvalue weighted by atomic mass is 16.5. The second-order valence-electron chi connectivity index (χ2n) is 20.7. The number of rotatable bonds is 56. The van der Waals surface area contributed by atoms with E-state index in [1.807, 2.05) is 0 Å². The van der Waals surface area contributed by atoms with Crippen LogP contribution in [0.4, 0.5) is 0 Å². The molecule has 0 aromatic rings. The molecule has 0 aliphatic heterocycles. The first kappa shape index (κ1) is 65.3.